The van der Waals surface area contributed by atoms with E-state index in [9.17, 15) is 14.9 Å². The number of carbonyl (C=O) groups is 2. The van der Waals surface area contributed by atoms with Gasteiger partial charge >= 0.3 is 5.97 Å². The van der Waals surface area contributed by atoms with Gasteiger partial charge in [0.15, 0.2) is 0 Å². The Balaban J connectivity index is 1.86. The van der Waals surface area contributed by atoms with Gasteiger partial charge in [0.1, 0.15) is 5.75 Å². The summed E-state index contributed by atoms with van der Waals surface area (Å²) in [5.74, 6) is -0.506. The van der Waals surface area contributed by atoms with E-state index >= 15 is 0 Å². The third-order valence-corrected chi connectivity index (χ3v) is 7.14. The highest BCUT2D eigenvalue weighted by Gasteiger charge is 2.35. The Bertz CT molecular complexity index is 1220. The highest BCUT2D eigenvalue weighted by molar-refractivity contribution is 9.10. The topological polar surface area (TPSA) is 100 Å². The van der Waals surface area contributed by atoms with Crippen LogP contribution in [0.15, 0.2) is 74.9 Å². The molecule has 0 saturated heterocycles. The molecule has 0 radical (unpaired) electrons. The molecule has 9 heteroatoms. The molecular weight excluding hydrogens is 554 g/mol. The van der Waals surface area contributed by atoms with E-state index in [2.05, 4.69) is 39.6 Å². The van der Waals surface area contributed by atoms with Gasteiger partial charge in [0.05, 0.1) is 47.1 Å². The summed E-state index contributed by atoms with van der Waals surface area (Å²) in [5, 5.41) is 16.7. The van der Waals surface area contributed by atoms with Crippen molar-refractivity contribution in [2.24, 2.45) is 0 Å². The van der Waals surface area contributed by atoms with Crippen molar-refractivity contribution in [1.29, 1.82) is 5.26 Å². The number of esters is 1. The summed E-state index contributed by atoms with van der Waals surface area (Å²) in [4.78, 5) is 25.5. The van der Waals surface area contributed by atoms with Crippen LogP contribution >= 0.6 is 27.7 Å². The van der Waals surface area contributed by atoms with E-state index in [1.165, 1.54) is 11.8 Å². The van der Waals surface area contributed by atoms with Crippen molar-refractivity contribution in [1.82, 2.24) is 5.32 Å². The van der Waals surface area contributed by atoms with E-state index in [0.29, 0.717) is 34.2 Å². The first-order chi connectivity index (χ1) is 17.9. The summed E-state index contributed by atoms with van der Waals surface area (Å²) in [7, 11) is 0. The fraction of sp³-hybridized carbons (Fsp3) is 0.321. The predicted octanol–water partition coefficient (Wildman–Crippen LogP) is 6.26. The number of hydrogen-bond acceptors (Lipinski definition) is 7. The normalized spacial score (nSPS) is 15.1. The lowest BCUT2D eigenvalue weighted by Gasteiger charge is -2.29. The SMILES string of the molecule is CCCCOc1ccc([C@H]2C(C#N)=C(SCC(=O)Nc3ccc(Br)cc3)NC(C)=C2C(=O)OCC)cc1. The maximum atomic E-state index is 12.9. The van der Waals surface area contributed by atoms with Crippen LogP contribution < -0.4 is 15.4 Å². The molecule has 1 atom stereocenters. The van der Waals surface area contributed by atoms with Crippen LogP contribution in [0.2, 0.25) is 0 Å². The number of carbonyl (C=O) groups excluding carboxylic acids is 2. The minimum absolute atomic E-state index is 0.0858. The van der Waals surface area contributed by atoms with Crippen molar-refractivity contribution in [3.63, 3.8) is 0 Å². The maximum Gasteiger partial charge on any atom is 0.336 e. The van der Waals surface area contributed by atoms with Gasteiger partial charge in [-0.3, -0.25) is 4.79 Å². The zero-order chi connectivity index (χ0) is 26.8. The molecule has 0 spiro atoms. The third kappa shape index (κ3) is 7.63. The average Bonchev–Trinajstić information content (AvgIpc) is 2.89. The number of allylic oxidation sites excluding steroid dienone is 2. The highest BCUT2D eigenvalue weighted by Crippen LogP contribution is 2.41. The number of rotatable bonds is 11. The maximum absolute atomic E-state index is 12.9. The molecule has 1 aliphatic rings. The lowest BCUT2D eigenvalue weighted by atomic mass is 9.82. The molecule has 7 nitrogen and oxygen atoms in total. The van der Waals surface area contributed by atoms with Crippen molar-refractivity contribution in [3.05, 3.63) is 80.4 Å². The average molecular weight is 585 g/mol. The lowest BCUT2D eigenvalue weighted by Crippen LogP contribution is -2.29. The number of thioether (sulfide) groups is 1. The molecule has 2 aromatic carbocycles. The minimum atomic E-state index is -0.632. The minimum Gasteiger partial charge on any atom is -0.494 e. The van der Waals surface area contributed by atoms with Crippen molar-refractivity contribution < 1.29 is 19.1 Å². The van der Waals surface area contributed by atoms with Crippen LogP contribution in [0.3, 0.4) is 0 Å². The van der Waals surface area contributed by atoms with Crippen molar-refractivity contribution in [2.45, 2.75) is 39.5 Å². The van der Waals surface area contributed by atoms with Gasteiger partial charge in [-0.15, -0.1) is 0 Å². The Morgan fingerprint density at radius 2 is 1.84 bits per heavy atom. The first kappa shape index (κ1) is 28.4. The number of nitriles is 1. The molecule has 1 heterocycles. The standard InChI is InChI=1S/C28H30BrN3O4S/c1-4-6-15-36-22-13-7-19(8-14-22)26-23(16-30)27(31-18(3)25(26)28(34)35-5-2)37-17-24(33)32-21-11-9-20(29)10-12-21/h7-14,26,31H,4-6,15,17H2,1-3H3,(H,32,33)/t26-/m0/s1. The summed E-state index contributed by atoms with van der Waals surface area (Å²) in [6.07, 6.45) is 2.00. The molecule has 0 aliphatic carbocycles. The molecule has 1 amide bonds. The van der Waals surface area contributed by atoms with Gasteiger partial charge in [-0.2, -0.15) is 5.26 Å². The largest absolute Gasteiger partial charge is 0.494 e. The molecular formula is C28H30BrN3O4S. The lowest BCUT2D eigenvalue weighted by molar-refractivity contribution is -0.138. The number of amides is 1. The molecule has 0 unspecified atom stereocenters. The Hall–Kier alpha value is -3.22. The third-order valence-electron chi connectivity index (χ3n) is 5.60. The number of nitrogens with one attached hydrogen (secondary N) is 2. The number of halogens is 1. The number of nitrogens with zero attached hydrogens (tertiary/aromatic N) is 1. The fourth-order valence-corrected chi connectivity index (χ4v) is 4.95. The van der Waals surface area contributed by atoms with E-state index < -0.39 is 11.9 Å². The van der Waals surface area contributed by atoms with Crippen molar-refractivity contribution >= 4 is 45.3 Å². The van der Waals surface area contributed by atoms with Crippen LogP contribution in [-0.4, -0.2) is 30.8 Å². The number of benzene rings is 2. The number of hydrogen-bond donors (Lipinski definition) is 2. The van der Waals surface area contributed by atoms with E-state index in [0.717, 1.165) is 28.6 Å². The zero-order valence-corrected chi connectivity index (χ0v) is 23.5. The summed E-state index contributed by atoms with van der Waals surface area (Å²) < 4.78 is 12.0. The Morgan fingerprint density at radius 1 is 1.14 bits per heavy atom. The smallest absolute Gasteiger partial charge is 0.336 e. The second-order valence-corrected chi connectivity index (χ2v) is 10.2. The predicted molar refractivity (Wildman–Crippen MR) is 150 cm³/mol. The molecule has 3 rings (SSSR count). The van der Waals surface area contributed by atoms with Gasteiger partial charge in [0.2, 0.25) is 5.91 Å². The molecule has 194 valence electrons. The molecule has 37 heavy (non-hydrogen) atoms. The second kappa shape index (κ2) is 13.9. The Kier molecular flexibility index (Phi) is 10.7. The molecule has 0 bridgehead atoms. The number of anilines is 1. The monoisotopic (exact) mass is 583 g/mol. The summed E-state index contributed by atoms with van der Waals surface area (Å²) >= 11 is 4.60. The molecule has 0 fully saturated rings. The van der Waals surface area contributed by atoms with Gasteiger partial charge in [0.25, 0.3) is 0 Å². The first-order valence-corrected chi connectivity index (χ1v) is 13.9. The van der Waals surface area contributed by atoms with E-state index in [1.807, 2.05) is 36.4 Å². The molecule has 2 N–H and O–H groups in total. The number of dihydropyridines is 1. The second-order valence-electron chi connectivity index (χ2n) is 8.29. The molecule has 0 saturated carbocycles. The van der Waals surface area contributed by atoms with Crippen LogP contribution in [0.5, 0.6) is 5.75 Å². The summed E-state index contributed by atoms with van der Waals surface area (Å²) in [6.45, 7) is 6.47. The fourth-order valence-electron chi connectivity index (χ4n) is 3.80. The molecule has 2 aromatic rings. The van der Waals surface area contributed by atoms with E-state index in [4.69, 9.17) is 9.47 Å². The summed E-state index contributed by atoms with van der Waals surface area (Å²) in [5.41, 5.74) is 2.76. The molecule has 0 aromatic heterocycles. The molecule has 1 aliphatic heterocycles. The summed E-state index contributed by atoms with van der Waals surface area (Å²) in [6, 6.07) is 17.0. The van der Waals surface area contributed by atoms with Crippen LogP contribution in [0.4, 0.5) is 5.69 Å². The zero-order valence-electron chi connectivity index (χ0n) is 21.1. The quantitative estimate of drug-likeness (QED) is 0.238. The van der Waals surface area contributed by atoms with Gasteiger partial charge in [-0.25, -0.2) is 4.79 Å². The van der Waals surface area contributed by atoms with Gasteiger partial charge < -0.3 is 20.1 Å². The van der Waals surface area contributed by atoms with E-state index in [1.54, 1.807) is 26.0 Å². The van der Waals surface area contributed by atoms with Gasteiger partial charge in [-0.1, -0.05) is 53.2 Å². The van der Waals surface area contributed by atoms with Crippen LogP contribution in [0.25, 0.3) is 0 Å². The first-order valence-electron chi connectivity index (χ1n) is 12.1. The highest BCUT2D eigenvalue weighted by atomic mass is 79.9. The Morgan fingerprint density at radius 3 is 2.46 bits per heavy atom. The number of unbranched alkanes of at least 4 members (excludes halogenated alkanes) is 1. The van der Waals surface area contributed by atoms with E-state index in [-0.39, 0.29) is 18.3 Å². The van der Waals surface area contributed by atoms with Crippen molar-refractivity contribution in [3.8, 4) is 11.8 Å². The van der Waals surface area contributed by atoms with Crippen LogP contribution in [0, 0.1) is 11.3 Å². The Labute approximate surface area is 230 Å². The van der Waals surface area contributed by atoms with Crippen LogP contribution in [-0.2, 0) is 14.3 Å². The number of ether oxygens (including phenoxy) is 2. The van der Waals surface area contributed by atoms with Gasteiger partial charge in [-0.05, 0) is 62.2 Å². The van der Waals surface area contributed by atoms with Gasteiger partial charge in [0, 0.05) is 15.9 Å². The van der Waals surface area contributed by atoms with Crippen LogP contribution in [0.1, 0.15) is 45.1 Å². The van der Waals surface area contributed by atoms with Crippen molar-refractivity contribution in [2.75, 3.05) is 24.3 Å².